The van der Waals surface area contributed by atoms with Gasteiger partial charge >= 0.3 is 0 Å². The number of nitrogens with one attached hydrogen (secondary N) is 2. The molecule has 2 rings (SSSR count). The molecule has 2 aromatic carbocycles. The number of hydrazine groups is 1. The third-order valence-corrected chi connectivity index (χ3v) is 5.15. The van der Waals surface area contributed by atoms with Crippen molar-refractivity contribution in [3.63, 3.8) is 0 Å². The standard InChI is InChI=1S/C19H24N2O5S/c1-5-25-16-8-10-17(11-9-16)26-15(4)19(22)20-21-27(23,24)18-12-13(2)6-7-14(18)3/h6-12,15,21H,5H2,1-4H3,(H,20,22). The van der Waals surface area contributed by atoms with Gasteiger partial charge in [-0.1, -0.05) is 12.1 Å². The van der Waals surface area contributed by atoms with E-state index in [1.807, 2.05) is 13.0 Å². The second kappa shape index (κ2) is 8.88. The maximum Gasteiger partial charge on any atom is 0.275 e. The first kappa shape index (κ1) is 20.7. The van der Waals surface area contributed by atoms with Crippen LogP contribution in [0.15, 0.2) is 47.4 Å². The summed E-state index contributed by atoms with van der Waals surface area (Å²) in [5.74, 6) is 0.555. The molecule has 0 bridgehead atoms. The number of benzene rings is 2. The summed E-state index contributed by atoms with van der Waals surface area (Å²) in [6.07, 6.45) is -0.899. The van der Waals surface area contributed by atoms with Crippen molar-refractivity contribution < 1.29 is 22.7 Å². The summed E-state index contributed by atoms with van der Waals surface area (Å²) >= 11 is 0. The number of carbonyl (C=O) groups is 1. The van der Waals surface area contributed by atoms with E-state index in [1.165, 1.54) is 6.92 Å². The monoisotopic (exact) mass is 392 g/mol. The smallest absolute Gasteiger partial charge is 0.275 e. The zero-order chi connectivity index (χ0) is 20.0. The number of aryl methyl sites for hydroxylation is 2. The van der Waals surface area contributed by atoms with Gasteiger partial charge in [-0.3, -0.25) is 10.2 Å². The van der Waals surface area contributed by atoms with Crippen molar-refractivity contribution in [2.75, 3.05) is 6.61 Å². The molecule has 0 aromatic heterocycles. The number of amides is 1. The number of rotatable bonds is 8. The van der Waals surface area contributed by atoms with Crippen molar-refractivity contribution in [2.24, 2.45) is 0 Å². The van der Waals surface area contributed by atoms with E-state index < -0.39 is 22.0 Å². The van der Waals surface area contributed by atoms with Crippen LogP contribution in [0.2, 0.25) is 0 Å². The van der Waals surface area contributed by atoms with Gasteiger partial charge in [-0.25, -0.2) is 8.42 Å². The number of hydrogen-bond acceptors (Lipinski definition) is 5. The molecular formula is C19H24N2O5S. The minimum absolute atomic E-state index is 0.114. The quantitative estimate of drug-likeness (QED) is 0.673. The Bertz CT molecular complexity index is 895. The molecular weight excluding hydrogens is 368 g/mol. The highest BCUT2D eigenvalue weighted by molar-refractivity contribution is 7.89. The Morgan fingerprint density at radius 3 is 2.33 bits per heavy atom. The highest BCUT2D eigenvalue weighted by Crippen LogP contribution is 2.19. The van der Waals surface area contributed by atoms with Crippen molar-refractivity contribution in [3.05, 3.63) is 53.6 Å². The number of hydrogen-bond donors (Lipinski definition) is 2. The molecule has 2 N–H and O–H groups in total. The molecule has 1 amide bonds. The average molecular weight is 392 g/mol. The molecule has 0 heterocycles. The van der Waals surface area contributed by atoms with Crippen molar-refractivity contribution in [2.45, 2.75) is 38.7 Å². The van der Waals surface area contributed by atoms with Gasteiger partial charge < -0.3 is 9.47 Å². The topological polar surface area (TPSA) is 93.7 Å². The van der Waals surface area contributed by atoms with Gasteiger partial charge in [0.15, 0.2) is 6.10 Å². The van der Waals surface area contributed by atoms with Crippen LogP contribution >= 0.6 is 0 Å². The first-order valence-electron chi connectivity index (χ1n) is 8.51. The molecule has 8 heteroatoms. The second-order valence-corrected chi connectivity index (χ2v) is 7.68. The fourth-order valence-corrected chi connectivity index (χ4v) is 3.49. The predicted octanol–water partition coefficient (Wildman–Crippen LogP) is 2.48. The predicted molar refractivity (Wildman–Crippen MR) is 102 cm³/mol. The number of ether oxygens (including phenoxy) is 2. The summed E-state index contributed by atoms with van der Waals surface area (Å²) in [6, 6.07) is 11.9. The van der Waals surface area contributed by atoms with E-state index in [-0.39, 0.29) is 4.90 Å². The Labute approximate surface area is 159 Å². The summed E-state index contributed by atoms with van der Waals surface area (Å²) in [4.78, 5) is 14.4. The number of sulfonamides is 1. The summed E-state index contributed by atoms with van der Waals surface area (Å²) in [5, 5.41) is 0. The summed E-state index contributed by atoms with van der Waals surface area (Å²) in [7, 11) is -3.88. The summed E-state index contributed by atoms with van der Waals surface area (Å²) in [5.41, 5.74) is 3.58. The largest absolute Gasteiger partial charge is 0.494 e. The van der Waals surface area contributed by atoms with E-state index in [9.17, 15) is 13.2 Å². The van der Waals surface area contributed by atoms with Crippen molar-refractivity contribution in [1.29, 1.82) is 0 Å². The average Bonchev–Trinajstić information content (AvgIpc) is 2.63. The lowest BCUT2D eigenvalue weighted by molar-refractivity contribution is -0.127. The van der Waals surface area contributed by atoms with E-state index >= 15 is 0 Å². The van der Waals surface area contributed by atoms with Gasteiger partial charge in [0.05, 0.1) is 11.5 Å². The van der Waals surface area contributed by atoms with E-state index in [1.54, 1.807) is 50.2 Å². The maximum absolute atomic E-state index is 12.4. The third-order valence-electron chi connectivity index (χ3n) is 3.76. The van der Waals surface area contributed by atoms with Crippen LogP contribution in [0.1, 0.15) is 25.0 Å². The zero-order valence-electron chi connectivity index (χ0n) is 15.8. The van der Waals surface area contributed by atoms with Crippen LogP contribution in [0.25, 0.3) is 0 Å². The first-order valence-corrected chi connectivity index (χ1v) is 9.99. The fourth-order valence-electron chi connectivity index (χ4n) is 2.31. The molecule has 1 unspecified atom stereocenters. The molecule has 27 heavy (non-hydrogen) atoms. The van der Waals surface area contributed by atoms with Gasteiger partial charge in [-0.2, -0.15) is 0 Å². The van der Waals surface area contributed by atoms with E-state index in [2.05, 4.69) is 10.3 Å². The lowest BCUT2D eigenvalue weighted by Crippen LogP contribution is -2.47. The van der Waals surface area contributed by atoms with E-state index in [4.69, 9.17) is 9.47 Å². The van der Waals surface area contributed by atoms with Gasteiger partial charge in [0.1, 0.15) is 11.5 Å². The van der Waals surface area contributed by atoms with Crippen LogP contribution in [0, 0.1) is 13.8 Å². The third kappa shape index (κ3) is 5.70. The zero-order valence-corrected chi connectivity index (χ0v) is 16.6. The molecule has 0 spiro atoms. The van der Waals surface area contributed by atoms with Gasteiger partial charge in [-0.15, -0.1) is 4.83 Å². The molecule has 0 radical (unpaired) electrons. The lowest BCUT2D eigenvalue weighted by atomic mass is 10.2. The van der Waals surface area contributed by atoms with Crippen LogP contribution in [0.5, 0.6) is 11.5 Å². The number of carbonyl (C=O) groups excluding carboxylic acids is 1. The highest BCUT2D eigenvalue weighted by Gasteiger charge is 2.21. The Balaban J connectivity index is 1.96. The van der Waals surface area contributed by atoms with Crippen LogP contribution < -0.4 is 19.7 Å². The van der Waals surface area contributed by atoms with Gasteiger partial charge in [0.25, 0.3) is 15.9 Å². The minimum atomic E-state index is -3.88. The van der Waals surface area contributed by atoms with Crippen molar-refractivity contribution in [3.8, 4) is 11.5 Å². The van der Waals surface area contributed by atoms with Crippen molar-refractivity contribution >= 4 is 15.9 Å². The molecule has 1 atom stereocenters. The highest BCUT2D eigenvalue weighted by atomic mass is 32.2. The molecule has 0 aliphatic carbocycles. The SMILES string of the molecule is CCOc1ccc(OC(C)C(=O)NNS(=O)(=O)c2cc(C)ccc2C)cc1. The van der Waals surface area contributed by atoms with Gasteiger partial charge in [-0.05, 0) is 69.2 Å². The van der Waals surface area contributed by atoms with Crippen LogP contribution in [0.4, 0.5) is 0 Å². The summed E-state index contributed by atoms with van der Waals surface area (Å²) in [6.45, 7) is 7.45. The molecule has 0 aliphatic heterocycles. The Morgan fingerprint density at radius 2 is 1.70 bits per heavy atom. The Kier molecular flexibility index (Phi) is 6.81. The van der Waals surface area contributed by atoms with Crippen LogP contribution in [-0.2, 0) is 14.8 Å². The fraction of sp³-hybridized carbons (Fsp3) is 0.316. The van der Waals surface area contributed by atoms with Crippen LogP contribution in [-0.4, -0.2) is 27.0 Å². The van der Waals surface area contributed by atoms with E-state index in [0.29, 0.717) is 23.7 Å². The summed E-state index contributed by atoms with van der Waals surface area (Å²) < 4.78 is 35.7. The molecule has 0 aliphatic rings. The molecule has 7 nitrogen and oxygen atoms in total. The second-order valence-electron chi connectivity index (χ2n) is 6.03. The van der Waals surface area contributed by atoms with Gasteiger partial charge in [0, 0.05) is 0 Å². The van der Waals surface area contributed by atoms with E-state index in [0.717, 1.165) is 5.56 Å². The lowest BCUT2D eigenvalue weighted by Gasteiger charge is -2.16. The molecule has 2 aromatic rings. The molecule has 0 fully saturated rings. The minimum Gasteiger partial charge on any atom is -0.494 e. The molecule has 0 saturated heterocycles. The van der Waals surface area contributed by atoms with Crippen LogP contribution in [0.3, 0.4) is 0 Å². The molecule has 0 saturated carbocycles. The Morgan fingerprint density at radius 1 is 1.07 bits per heavy atom. The van der Waals surface area contributed by atoms with Crippen molar-refractivity contribution in [1.82, 2.24) is 10.3 Å². The maximum atomic E-state index is 12.4. The molecule has 146 valence electrons. The first-order chi connectivity index (χ1) is 12.7. The normalized spacial score (nSPS) is 12.3. The van der Waals surface area contributed by atoms with Gasteiger partial charge in [0.2, 0.25) is 0 Å². The Hall–Kier alpha value is -2.58.